The van der Waals surface area contributed by atoms with Crippen molar-refractivity contribution < 1.29 is 0 Å². The van der Waals surface area contributed by atoms with Crippen molar-refractivity contribution in [1.29, 1.82) is 0 Å². The van der Waals surface area contributed by atoms with Gasteiger partial charge in [0.15, 0.2) is 0 Å². The zero-order valence-electron chi connectivity index (χ0n) is 12.3. The molecule has 0 aliphatic rings. The number of hydrogen-bond donors (Lipinski definition) is 1. The Bertz CT molecular complexity index is 624. The van der Waals surface area contributed by atoms with Crippen LogP contribution in [-0.2, 0) is 13.0 Å². The third kappa shape index (κ3) is 4.32. The second-order valence-electron chi connectivity index (χ2n) is 5.08. The second-order valence-corrected chi connectivity index (χ2v) is 6.49. The molecular formula is C15H20ClN3OS. The molecule has 21 heavy (non-hydrogen) atoms. The molecule has 0 aliphatic heterocycles. The molecule has 0 spiro atoms. The molecule has 114 valence electrons. The van der Waals surface area contributed by atoms with E-state index in [1.54, 1.807) is 17.5 Å². The van der Waals surface area contributed by atoms with Gasteiger partial charge in [-0.15, -0.1) is 11.3 Å². The van der Waals surface area contributed by atoms with E-state index in [-0.39, 0.29) is 16.6 Å². The van der Waals surface area contributed by atoms with Crippen LogP contribution in [0.1, 0.15) is 31.6 Å². The molecule has 6 heteroatoms. The number of halogens is 1. The smallest absolute Gasteiger partial charge is 0.287 e. The fourth-order valence-corrected chi connectivity index (χ4v) is 3.12. The number of nitrogens with one attached hydrogen (secondary N) is 1. The predicted octanol–water partition coefficient (Wildman–Crippen LogP) is 3.80. The molecule has 0 aromatic carbocycles. The first-order valence-corrected chi connectivity index (χ1v) is 8.42. The number of thiophene rings is 1. The van der Waals surface area contributed by atoms with E-state index in [9.17, 15) is 4.79 Å². The van der Waals surface area contributed by atoms with E-state index in [4.69, 9.17) is 11.6 Å². The van der Waals surface area contributed by atoms with Gasteiger partial charge in [-0.3, -0.25) is 4.79 Å². The largest absolute Gasteiger partial charge is 0.380 e. The average Bonchev–Trinajstić information content (AvgIpc) is 2.96. The van der Waals surface area contributed by atoms with E-state index >= 15 is 0 Å². The minimum atomic E-state index is -0.224. The number of rotatable bonds is 7. The average molecular weight is 326 g/mol. The van der Waals surface area contributed by atoms with Crippen molar-refractivity contribution in [2.24, 2.45) is 0 Å². The van der Waals surface area contributed by atoms with Crippen molar-refractivity contribution in [2.45, 2.75) is 45.7 Å². The molecule has 0 bridgehead atoms. The van der Waals surface area contributed by atoms with Crippen molar-refractivity contribution >= 4 is 28.6 Å². The lowest BCUT2D eigenvalue weighted by Gasteiger charge is -2.15. The Morgan fingerprint density at radius 3 is 3.00 bits per heavy atom. The van der Waals surface area contributed by atoms with Gasteiger partial charge >= 0.3 is 0 Å². The molecule has 0 saturated heterocycles. The van der Waals surface area contributed by atoms with E-state index in [0.717, 1.165) is 19.3 Å². The molecule has 0 saturated carbocycles. The Morgan fingerprint density at radius 2 is 2.33 bits per heavy atom. The summed E-state index contributed by atoms with van der Waals surface area (Å²) in [5, 5.41) is 9.74. The van der Waals surface area contributed by atoms with Gasteiger partial charge in [0, 0.05) is 23.9 Å². The maximum Gasteiger partial charge on any atom is 0.287 e. The Balaban J connectivity index is 2.06. The summed E-state index contributed by atoms with van der Waals surface area (Å²) in [4.78, 5) is 13.4. The fraction of sp³-hybridized carbons (Fsp3) is 0.467. The minimum absolute atomic E-state index is 0.189. The highest BCUT2D eigenvalue weighted by Crippen LogP contribution is 2.19. The van der Waals surface area contributed by atoms with E-state index in [2.05, 4.69) is 35.7 Å². The van der Waals surface area contributed by atoms with Crippen molar-refractivity contribution in [3.05, 3.63) is 44.0 Å². The highest BCUT2D eigenvalue weighted by Gasteiger charge is 2.12. The summed E-state index contributed by atoms with van der Waals surface area (Å²) in [6.07, 6.45) is 4.48. The topological polar surface area (TPSA) is 46.9 Å². The van der Waals surface area contributed by atoms with E-state index in [1.807, 2.05) is 6.07 Å². The lowest BCUT2D eigenvalue weighted by atomic mass is 10.2. The summed E-state index contributed by atoms with van der Waals surface area (Å²) in [7, 11) is 0. The second kappa shape index (κ2) is 7.61. The van der Waals surface area contributed by atoms with Crippen molar-refractivity contribution in [1.82, 2.24) is 9.78 Å². The standard InChI is InChI=1S/C15H20ClN3OS/c1-3-4-7-19-15(20)14(16)13(10-17-19)18-11(2)9-12-6-5-8-21-12/h5-6,8,10-11,18H,3-4,7,9H2,1-2H3. The van der Waals surface area contributed by atoms with Crippen LogP contribution in [-0.4, -0.2) is 15.8 Å². The van der Waals surface area contributed by atoms with Gasteiger partial charge in [0.05, 0.1) is 11.9 Å². The van der Waals surface area contributed by atoms with Crippen LogP contribution >= 0.6 is 22.9 Å². The van der Waals surface area contributed by atoms with Gasteiger partial charge in [-0.1, -0.05) is 31.0 Å². The van der Waals surface area contributed by atoms with Gasteiger partial charge in [-0.25, -0.2) is 4.68 Å². The Morgan fingerprint density at radius 1 is 1.52 bits per heavy atom. The maximum atomic E-state index is 12.1. The first-order valence-electron chi connectivity index (χ1n) is 7.16. The van der Waals surface area contributed by atoms with Crippen molar-refractivity contribution in [3.63, 3.8) is 0 Å². The van der Waals surface area contributed by atoms with Crippen LogP contribution in [0, 0.1) is 0 Å². The van der Waals surface area contributed by atoms with Crippen LogP contribution in [0.25, 0.3) is 0 Å². The number of anilines is 1. The van der Waals surface area contributed by atoms with Crippen LogP contribution < -0.4 is 10.9 Å². The summed E-state index contributed by atoms with van der Waals surface area (Å²) in [5.74, 6) is 0. The highest BCUT2D eigenvalue weighted by molar-refractivity contribution is 7.09. The molecule has 1 unspecified atom stereocenters. The maximum absolute atomic E-state index is 12.1. The van der Waals surface area contributed by atoms with Crippen LogP contribution in [0.2, 0.25) is 5.02 Å². The Hall–Kier alpha value is -1.33. The number of aromatic nitrogens is 2. The molecule has 0 aliphatic carbocycles. The van der Waals surface area contributed by atoms with Crippen LogP contribution in [0.5, 0.6) is 0 Å². The van der Waals surface area contributed by atoms with Gasteiger partial charge in [0.2, 0.25) is 0 Å². The molecule has 2 rings (SSSR count). The van der Waals surface area contributed by atoms with Gasteiger partial charge in [0.25, 0.3) is 5.56 Å². The number of aryl methyl sites for hydroxylation is 1. The number of hydrogen-bond acceptors (Lipinski definition) is 4. The number of unbranched alkanes of at least 4 members (excludes halogenated alkanes) is 1. The SMILES string of the molecule is CCCCn1ncc(NC(C)Cc2cccs2)c(Cl)c1=O. The summed E-state index contributed by atoms with van der Waals surface area (Å²) in [6, 6.07) is 4.33. The molecule has 2 aromatic heterocycles. The molecular weight excluding hydrogens is 306 g/mol. The normalized spacial score (nSPS) is 12.3. The van der Waals surface area contributed by atoms with E-state index < -0.39 is 0 Å². The van der Waals surface area contributed by atoms with Gasteiger partial charge in [-0.05, 0) is 24.8 Å². The lowest BCUT2D eigenvalue weighted by Crippen LogP contribution is -2.26. The predicted molar refractivity (Wildman–Crippen MR) is 89.5 cm³/mol. The molecule has 2 aromatic rings. The fourth-order valence-electron chi connectivity index (χ4n) is 2.08. The third-order valence-corrected chi connectivity index (χ3v) is 4.46. The summed E-state index contributed by atoms with van der Waals surface area (Å²) in [6.45, 7) is 4.76. The lowest BCUT2D eigenvalue weighted by molar-refractivity contribution is 0.543. The van der Waals surface area contributed by atoms with Crippen molar-refractivity contribution in [3.8, 4) is 0 Å². The molecule has 2 heterocycles. The summed E-state index contributed by atoms with van der Waals surface area (Å²) < 4.78 is 1.43. The minimum Gasteiger partial charge on any atom is -0.380 e. The van der Waals surface area contributed by atoms with Crippen LogP contribution in [0.3, 0.4) is 0 Å². The van der Waals surface area contributed by atoms with Gasteiger partial charge in [0.1, 0.15) is 5.02 Å². The first kappa shape index (κ1) is 16.0. The molecule has 1 atom stereocenters. The van der Waals surface area contributed by atoms with Crippen LogP contribution in [0.4, 0.5) is 5.69 Å². The van der Waals surface area contributed by atoms with Crippen LogP contribution in [0.15, 0.2) is 28.5 Å². The summed E-state index contributed by atoms with van der Waals surface area (Å²) in [5.41, 5.74) is 0.386. The number of nitrogens with zero attached hydrogens (tertiary/aromatic N) is 2. The first-order chi connectivity index (χ1) is 10.1. The molecule has 1 N–H and O–H groups in total. The molecule has 4 nitrogen and oxygen atoms in total. The molecule has 0 fully saturated rings. The zero-order chi connectivity index (χ0) is 15.2. The quantitative estimate of drug-likeness (QED) is 0.842. The third-order valence-electron chi connectivity index (χ3n) is 3.20. The zero-order valence-corrected chi connectivity index (χ0v) is 13.9. The van der Waals surface area contributed by atoms with E-state index in [0.29, 0.717) is 12.2 Å². The monoisotopic (exact) mass is 325 g/mol. The van der Waals surface area contributed by atoms with Crippen molar-refractivity contribution in [2.75, 3.05) is 5.32 Å². The highest BCUT2D eigenvalue weighted by atomic mass is 35.5. The molecule has 0 radical (unpaired) electrons. The van der Waals surface area contributed by atoms with Gasteiger partial charge < -0.3 is 5.32 Å². The Kier molecular flexibility index (Phi) is 5.82. The summed E-state index contributed by atoms with van der Waals surface area (Å²) >= 11 is 7.90. The van der Waals surface area contributed by atoms with E-state index in [1.165, 1.54) is 9.56 Å². The Labute approximate surface area is 133 Å². The molecule has 0 amide bonds. The van der Waals surface area contributed by atoms with Gasteiger partial charge in [-0.2, -0.15) is 5.10 Å².